The fourth-order valence-electron chi connectivity index (χ4n) is 4.09. The van der Waals surface area contributed by atoms with Gasteiger partial charge in [-0.25, -0.2) is 14.4 Å². The highest BCUT2D eigenvalue weighted by Crippen LogP contribution is 2.36. The Morgan fingerprint density at radius 2 is 1.34 bits per heavy atom. The Balaban J connectivity index is 0.000000430. The summed E-state index contributed by atoms with van der Waals surface area (Å²) in [5.41, 5.74) is 2.03. The molecule has 2 aliphatic rings. The van der Waals surface area contributed by atoms with Gasteiger partial charge in [0.05, 0.1) is 31.0 Å². The van der Waals surface area contributed by atoms with Crippen LogP contribution in [0.3, 0.4) is 0 Å². The number of hydrogen-bond acceptors (Lipinski definition) is 8. The number of nitrogens with one attached hydrogen (secondary N) is 1. The Hall–Kier alpha value is -4.53. The molecule has 2 saturated heterocycles. The van der Waals surface area contributed by atoms with E-state index in [1.807, 2.05) is 24.5 Å². The lowest BCUT2D eigenvalue weighted by molar-refractivity contribution is -0.193. The zero-order chi connectivity index (χ0) is 36.0. The molecule has 0 spiro atoms. The predicted molar refractivity (Wildman–Crippen MR) is 139 cm³/mol. The fourth-order valence-corrected chi connectivity index (χ4v) is 4.09. The molecule has 4 N–H and O–H groups in total. The van der Waals surface area contributed by atoms with Crippen LogP contribution in [0.4, 0.5) is 45.2 Å². The molecule has 4 rings (SSSR count). The summed E-state index contributed by atoms with van der Waals surface area (Å²) in [5.74, 6) is -7.28. The van der Waals surface area contributed by atoms with Crippen molar-refractivity contribution in [3.8, 4) is 0 Å². The van der Waals surface area contributed by atoms with E-state index in [1.54, 1.807) is 12.4 Å². The number of likely N-dealkylation sites (tertiary alicyclic amines) is 1. The third-order valence-corrected chi connectivity index (χ3v) is 6.09. The zero-order valence-electron chi connectivity index (χ0n) is 23.7. The molecule has 0 bridgehead atoms. The van der Waals surface area contributed by atoms with Crippen LogP contribution in [0, 0.1) is 11.8 Å². The highest BCUT2D eigenvalue weighted by molar-refractivity contribution is 5.90. The molecule has 4 heterocycles. The van der Waals surface area contributed by atoms with E-state index in [0.29, 0.717) is 18.3 Å². The van der Waals surface area contributed by atoms with Crippen LogP contribution in [0.2, 0.25) is 0 Å². The maximum atomic E-state index is 12.3. The van der Waals surface area contributed by atoms with E-state index in [4.69, 9.17) is 34.4 Å². The summed E-state index contributed by atoms with van der Waals surface area (Å²) >= 11 is 0. The van der Waals surface area contributed by atoms with Crippen molar-refractivity contribution < 1.29 is 78.7 Å². The smallest absolute Gasteiger partial charge is 0.475 e. The third kappa shape index (κ3) is 16.0. The molecule has 2 fully saturated rings. The first-order valence-electron chi connectivity index (χ1n) is 12.9. The summed E-state index contributed by atoms with van der Waals surface area (Å²) in [4.78, 5) is 49.6. The number of nitrogens with zero attached hydrogens (tertiary/aromatic N) is 3. The number of halogens is 9. The van der Waals surface area contributed by atoms with Gasteiger partial charge in [0.25, 0.3) is 0 Å². The number of carbonyl (C=O) groups is 4. The number of fused-ring (bicyclic) bond motifs is 1. The van der Waals surface area contributed by atoms with Gasteiger partial charge in [0.2, 0.25) is 5.91 Å². The third-order valence-electron chi connectivity index (χ3n) is 6.09. The minimum atomic E-state index is -5.08. The van der Waals surface area contributed by atoms with E-state index < -0.39 is 36.4 Å². The Kier molecular flexibility index (Phi) is 15.5. The number of aromatic nitrogens is 2. The number of pyridine rings is 2. The molecule has 1 amide bonds. The van der Waals surface area contributed by atoms with Gasteiger partial charge >= 0.3 is 36.4 Å². The highest BCUT2D eigenvalue weighted by atomic mass is 19.4. The summed E-state index contributed by atoms with van der Waals surface area (Å²) < 4.78 is 101. The van der Waals surface area contributed by atoms with Crippen LogP contribution in [0.15, 0.2) is 49.1 Å². The lowest BCUT2D eigenvalue weighted by atomic mass is 9.83. The molecule has 3 atom stereocenters. The van der Waals surface area contributed by atoms with Crippen molar-refractivity contribution in [1.29, 1.82) is 0 Å². The van der Waals surface area contributed by atoms with Crippen LogP contribution in [0.25, 0.3) is 0 Å². The summed E-state index contributed by atoms with van der Waals surface area (Å²) in [7, 11) is 0. The largest absolute Gasteiger partial charge is 0.490 e. The molecule has 0 unspecified atom stereocenters. The predicted octanol–water partition coefficient (Wildman–Crippen LogP) is 4.24. The van der Waals surface area contributed by atoms with Gasteiger partial charge in [-0.15, -0.1) is 0 Å². The number of piperidine rings is 1. The van der Waals surface area contributed by atoms with E-state index in [2.05, 4.69) is 32.3 Å². The number of carbonyl (C=O) groups excluding carboxylic acids is 1. The van der Waals surface area contributed by atoms with Crippen molar-refractivity contribution >= 4 is 29.5 Å². The van der Waals surface area contributed by atoms with E-state index in [1.165, 1.54) is 5.56 Å². The van der Waals surface area contributed by atoms with Crippen molar-refractivity contribution in [3.63, 3.8) is 0 Å². The van der Waals surface area contributed by atoms with Crippen molar-refractivity contribution in [2.45, 2.75) is 44.0 Å². The summed E-state index contributed by atoms with van der Waals surface area (Å²) in [5, 5.41) is 24.3. The number of amides is 1. The Morgan fingerprint density at radius 1 is 0.830 bits per heavy atom. The number of alkyl halides is 9. The number of ether oxygens (including phenoxy) is 1. The maximum Gasteiger partial charge on any atom is 0.490 e. The van der Waals surface area contributed by atoms with Gasteiger partial charge in [-0.3, -0.25) is 19.7 Å². The van der Waals surface area contributed by atoms with E-state index in [-0.39, 0.29) is 12.0 Å². The number of carboxylic acid groups (broad SMARTS) is 3. The SMILES string of the molecule is O=C(C[C@@H]1OC[C@H]2CN(Cc3ccncc3)CC[C@H]21)Nc1cccnc1.O=C(O)C(F)(F)F.O=C(O)C(F)(F)F.O=C(O)C(F)(F)F. The summed E-state index contributed by atoms with van der Waals surface area (Å²) in [6, 6.07) is 7.81. The lowest BCUT2D eigenvalue weighted by Crippen LogP contribution is -2.41. The van der Waals surface area contributed by atoms with Crippen LogP contribution >= 0.6 is 0 Å². The molecule has 12 nitrogen and oxygen atoms in total. The van der Waals surface area contributed by atoms with Crippen LogP contribution in [0.5, 0.6) is 0 Å². The van der Waals surface area contributed by atoms with Crippen molar-refractivity contribution in [3.05, 3.63) is 54.6 Å². The first-order valence-corrected chi connectivity index (χ1v) is 12.9. The minimum absolute atomic E-state index is 0.00265. The second kappa shape index (κ2) is 18.0. The minimum Gasteiger partial charge on any atom is -0.475 e. The Labute approximate surface area is 259 Å². The number of anilines is 1. The van der Waals surface area contributed by atoms with Crippen LogP contribution < -0.4 is 5.32 Å². The quantitative estimate of drug-likeness (QED) is 0.329. The molecule has 0 aliphatic carbocycles. The molecule has 0 radical (unpaired) electrons. The van der Waals surface area contributed by atoms with E-state index >= 15 is 0 Å². The fraction of sp³-hybridized carbons (Fsp3) is 0.462. The van der Waals surface area contributed by atoms with Gasteiger partial charge in [0.15, 0.2) is 0 Å². The second-order valence-corrected chi connectivity index (χ2v) is 9.58. The van der Waals surface area contributed by atoms with Gasteiger partial charge in [-0.1, -0.05) is 0 Å². The van der Waals surface area contributed by atoms with Crippen LogP contribution in [-0.4, -0.2) is 98.3 Å². The molecule has 2 aromatic heterocycles. The molecule has 2 aliphatic heterocycles. The lowest BCUT2D eigenvalue weighted by Gasteiger charge is -2.35. The van der Waals surface area contributed by atoms with Crippen LogP contribution in [-0.2, 0) is 30.5 Å². The summed E-state index contributed by atoms with van der Waals surface area (Å²) in [6.45, 7) is 3.79. The molecule has 47 heavy (non-hydrogen) atoms. The highest BCUT2D eigenvalue weighted by Gasteiger charge is 2.42. The zero-order valence-corrected chi connectivity index (χ0v) is 23.7. The molecule has 2 aromatic rings. The molecule has 262 valence electrons. The number of hydrogen-bond donors (Lipinski definition) is 4. The van der Waals surface area contributed by atoms with Crippen LogP contribution in [0.1, 0.15) is 18.4 Å². The molecular weight excluding hydrogens is 667 g/mol. The van der Waals surface area contributed by atoms with Crippen molar-refractivity contribution in [1.82, 2.24) is 14.9 Å². The van der Waals surface area contributed by atoms with E-state index in [0.717, 1.165) is 38.3 Å². The van der Waals surface area contributed by atoms with Gasteiger partial charge in [-0.05, 0) is 48.7 Å². The van der Waals surface area contributed by atoms with Gasteiger partial charge < -0.3 is 25.4 Å². The average molecular weight is 695 g/mol. The first kappa shape index (κ1) is 40.5. The Bertz CT molecular complexity index is 1240. The van der Waals surface area contributed by atoms with E-state index in [9.17, 15) is 44.3 Å². The maximum absolute atomic E-state index is 12.3. The monoisotopic (exact) mass is 694 g/mol. The average Bonchev–Trinajstić information content (AvgIpc) is 3.35. The van der Waals surface area contributed by atoms with Crippen molar-refractivity contribution in [2.24, 2.45) is 11.8 Å². The first-order chi connectivity index (χ1) is 21.6. The second-order valence-electron chi connectivity index (χ2n) is 9.58. The normalized spacial score (nSPS) is 19.2. The topological polar surface area (TPSA) is 179 Å². The number of carboxylic acids is 3. The number of aliphatic carboxylic acids is 3. The van der Waals surface area contributed by atoms with Gasteiger partial charge in [0.1, 0.15) is 0 Å². The Morgan fingerprint density at radius 3 is 1.79 bits per heavy atom. The van der Waals surface area contributed by atoms with Crippen molar-refractivity contribution in [2.75, 3.05) is 25.0 Å². The molecular formula is C26H27F9N4O8. The molecule has 0 aromatic carbocycles. The summed E-state index contributed by atoms with van der Waals surface area (Å²) in [6.07, 6.45) is -6.68. The van der Waals surface area contributed by atoms with Gasteiger partial charge in [-0.2, -0.15) is 39.5 Å². The molecule has 0 saturated carbocycles. The molecule has 21 heteroatoms. The number of rotatable bonds is 5. The standard InChI is InChI=1S/C20H24N4O2.3C2HF3O2/c25-20(23-17-2-1-6-22-11-17)10-19-18-5-9-24(13-16(18)14-26-19)12-15-3-7-21-8-4-15;3*3-2(4,5)1(6)7/h1-4,6-8,11,16,18-19H,5,9-10,12-14H2,(H,23,25);3*(H,6,7)/t16-,18-,19+;;;/m1.../s1. The van der Waals surface area contributed by atoms with Gasteiger partial charge in [0, 0.05) is 37.6 Å².